The van der Waals surface area contributed by atoms with E-state index in [1.165, 1.54) is 11.6 Å². The molecule has 0 spiro atoms. The molecule has 3 heteroatoms. The zero-order chi connectivity index (χ0) is 13.7. The van der Waals surface area contributed by atoms with Gasteiger partial charge in [0.05, 0.1) is 4.47 Å². The summed E-state index contributed by atoms with van der Waals surface area (Å²) in [5.41, 5.74) is 2.36. The molecule has 100 valence electrons. The molecule has 0 aliphatic carbocycles. The molecule has 1 N–H and O–H groups in total. The van der Waals surface area contributed by atoms with Crippen molar-refractivity contribution in [1.82, 2.24) is 5.32 Å². The molecule has 1 unspecified atom stereocenters. The Hall–Kier alpha value is -1.19. The Kier molecular flexibility index (Phi) is 5.11. The Morgan fingerprint density at radius 2 is 1.89 bits per heavy atom. The number of nitrogens with one attached hydrogen (secondary N) is 1. The molecular formula is C16H17BrFN. The maximum absolute atomic E-state index is 13.2. The first-order chi connectivity index (χ1) is 9.20. The van der Waals surface area contributed by atoms with Crippen molar-refractivity contribution in [1.29, 1.82) is 0 Å². The molecule has 0 saturated carbocycles. The second kappa shape index (κ2) is 6.83. The average molecular weight is 322 g/mol. The molecule has 0 saturated heterocycles. The van der Waals surface area contributed by atoms with Gasteiger partial charge in [0.2, 0.25) is 0 Å². The fourth-order valence-electron chi connectivity index (χ4n) is 2.07. The molecule has 0 amide bonds. The molecule has 2 rings (SSSR count). The van der Waals surface area contributed by atoms with Crippen molar-refractivity contribution in [2.75, 3.05) is 0 Å². The molecular weight excluding hydrogens is 305 g/mol. The highest BCUT2D eigenvalue weighted by molar-refractivity contribution is 9.10. The highest BCUT2D eigenvalue weighted by Crippen LogP contribution is 2.19. The lowest BCUT2D eigenvalue weighted by atomic mass is 10.0. The van der Waals surface area contributed by atoms with Crippen molar-refractivity contribution in [2.45, 2.75) is 25.9 Å². The van der Waals surface area contributed by atoms with Crippen LogP contribution in [0.3, 0.4) is 0 Å². The van der Waals surface area contributed by atoms with Gasteiger partial charge in [-0.3, -0.25) is 0 Å². The maximum Gasteiger partial charge on any atom is 0.137 e. The van der Waals surface area contributed by atoms with E-state index < -0.39 is 0 Å². The van der Waals surface area contributed by atoms with E-state index in [0.29, 0.717) is 10.5 Å². The molecule has 0 heterocycles. The second-order valence-electron chi connectivity index (χ2n) is 4.50. The van der Waals surface area contributed by atoms with Gasteiger partial charge in [-0.2, -0.15) is 0 Å². The van der Waals surface area contributed by atoms with Gasteiger partial charge in [0.1, 0.15) is 5.82 Å². The van der Waals surface area contributed by atoms with Crippen molar-refractivity contribution < 1.29 is 4.39 Å². The summed E-state index contributed by atoms with van der Waals surface area (Å²) in [6.45, 7) is 2.89. The van der Waals surface area contributed by atoms with Crippen molar-refractivity contribution in [3.63, 3.8) is 0 Å². The predicted octanol–water partition coefficient (Wildman–Crippen LogP) is 4.83. The predicted molar refractivity (Wildman–Crippen MR) is 80.4 cm³/mol. The summed E-state index contributed by atoms with van der Waals surface area (Å²) in [6, 6.07) is 15.8. The fourth-order valence-corrected chi connectivity index (χ4v) is 2.50. The van der Waals surface area contributed by atoms with Crippen LogP contribution >= 0.6 is 15.9 Å². The van der Waals surface area contributed by atoms with Gasteiger partial charge in [-0.05, 0) is 45.6 Å². The quantitative estimate of drug-likeness (QED) is 0.831. The lowest BCUT2D eigenvalue weighted by Gasteiger charge is -2.17. The van der Waals surface area contributed by atoms with Crippen LogP contribution in [-0.2, 0) is 6.54 Å². The molecule has 0 fully saturated rings. The minimum absolute atomic E-state index is 0.223. The third-order valence-corrected chi connectivity index (χ3v) is 3.75. The van der Waals surface area contributed by atoms with Gasteiger partial charge in [-0.15, -0.1) is 0 Å². The summed E-state index contributed by atoms with van der Waals surface area (Å²) < 4.78 is 13.7. The molecule has 1 nitrogen and oxygen atoms in total. The van der Waals surface area contributed by atoms with Gasteiger partial charge < -0.3 is 5.32 Å². The third-order valence-electron chi connectivity index (χ3n) is 3.15. The number of rotatable bonds is 5. The van der Waals surface area contributed by atoms with Gasteiger partial charge >= 0.3 is 0 Å². The monoisotopic (exact) mass is 321 g/mol. The molecule has 19 heavy (non-hydrogen) atoms. The van der Waals surface area contributed by atoms with Gasteiger partial charge in [-0.25, -0.2) is 4.39 Å². The van der Waals surface area contributed by atoms with Gasteiger partial charge in [0.15, 0.2) is 0 Å². The Balaban J connectivity index is 2.02. The fraction of sp³-hybridized carbons (Fsp3) is 0.250. The minimum Gasteiger partial charge on any atom is -0.306 e. The first-order valence-electron chi connectivity index (χ1n) is 6.43. The number of halogens is 2. The van der Waals surface area contributed by atoms with E-state index in [1.54, 1.807) is 0 Å². The summed E-state index contributed by atoms with van der Waals surface area (Å²) in [5, 5.41) is 3.51. The Morgan fingerprint density at radius 1 is 1.16 bits per heavy atom. The second-order valence-corrected chi connectivity index (χ2v) is 5.36. The molecule has 0 bridgehead atoms. The van der Waals surface area contributed by atoms with E-state index in [0.717, 1.165) is 18.5 Å². The third kappa shape index (κ3) is 3.88. The summed E-state index contributed by atoms with van der Waals surface area (Å²) >= 11 is 3.21. The van der Waals surface area contributed by atoms with Crippen LogP contribution in [0.4, 0.5) is 4.39 Å². The van der Waals surface area contributed by atoms with Crippen molar-refractivity contribution in [3.05, 3.63) is 69.9 Å². The van der Waals surface area contributed by atoms with Gasteiger partial charge in [-0.1, -0.05) is 43.3 Å². The van der Waals surface area contributed by atoms with Crippen LogP contribution in [-0.4, -0.2) is 0 Å². The van der Waals surface area contributed by atoms with Crippen LogP contribution in [0.25, 0.3) is 0 Å². The number of hydrogen-bond donors (Lipinski definition) is 1. The van der Waals surface area contributed by atoms with Crippen molar-refractivity contribution in [3.8, 4) is 0 Å². The van der Waals surface area contributed by atoms with Crippen LogP contribution in [0.5, 0.6) is 0 Å². The zero-order valence-electron chi connectivity index (χ0n) is 10.9. The van der Waals surface area contributed by atoms with E-state index in [-0.39, 0.29) is 5.82 Å². The summed E-state index contributed by atoms with van der Waals surface area (Å²) in [4.78, 5) is 0. The van der Waals surface area contributed by atoms with Crippen molar-refractivity contribution >= 4 is 15.9 Å². The normalized spacial score (nSPS) is 12.4. The molecule has 0 aliphatic heterocycles. The highest BCUT2D eigenvalue weighted by atomic mass is 79.9. The summed E-state index contributed by atoms with van der Waals surface area (Å²) in [7, 11) is 0. The van der Waals surface area contributed by atoms with Crippen molar-refractivity contribution in [2.24, 2.45) is 0 Å². The minimum atomic E-state index is -0.223. The lowest BCUT2D eigenvalue weighted by molar-refractivity contribution is 0.518. The van der Waals surface area contributed by atoms with E-state index in [2.05, 4.69) is 40.3 Å². The smallest absolute Gasteiger partial charge is 0.137 e. The molecule has 0 radical (unpaired) electrons. The molecule has 2 aromatic rings. The highest BCUT2D eigenvalue weighted by Gasteiger charge is 2.08. The number of hydrogen-bond acceptors (Lipinski definition) is 1. The lowest BCUT2D eigenvalue weighted by Crippen LogP contribution is -2.20. The Labute approximate surface area is 122 Å². The standard InChI is InChI=1S/C16H17BrFN/c1-2-16(13-6-4-3-5-7-13)19-11-12-8-9-15(18)14(17)10-12/h3-10,16,19H,2,11H2,1H3. The van der Waals surface area contributed by atoms with Crippen LogP contribution in [0, 0.1) is 5.82 Å². The van der Waals surface area contributed by atoms with Gasteiger partial charge in [0.25, 0.3) is 0 Å². The largest absolute Gasteiger partial charge is 0.306 e. The van der Waals surface area contributed by atoms with Gasteiger partial charge in [0, 0.05) is 12.6 Å². The topological polar surface area (TPSA) is 12.0 Å². The van der Waals surface area contributed by atoms with E-state index in [4.69, 9.17) is 0 Å². The maximum atomic E-state index is 13.2. The zero-order valence-corrected chi connectivity index (χ0v) is 12.5. The van der Waals surface area contributed by atoms with E-state index in [9.17, 15) is 4.39 Å². The average Bonchev–Trinajstić information content (AvgIpc) is 2.44. The first-order valence-corrected chi connectivity index (χ1v) is 7.22. The molecule has 0 aromatic heterocycles. The first kappa shape index (κ1) is 14.2. The summed E-state index contributed by atoms with van der Waals surface area (Å²) in [5.74, 6) is -0.223. The van der Waals surface area contributed by atoms with Crippen LogP contribution < -0.4 is 5.32 Å². The van der Waals surface area contributed by atoms with E-state index in [1.807, 2.05) is 30.3 Å². The SMILES string of the molecule is CCC(NCc1ccc(F)c(Br)c1)c1ccccc1. The number of benzene rings is 2. The van der Waals surface area contributed by atoms with Crippen LogP contribution in [0.15, 0.2) is 53.0 Å². The Morgan fingerprint density at radius 3 is 2.53 bits per heavy atom. The van der Waals surface area contributed by atoms with E-state index >= 15 is 0 Å². The van der Waals surface area contributed by atoms with Crippen LogP contribution in [0.2, 0.25) is 0 Å². The molecule has 2 aromatic carbocycles. The molecule has 1 atom stereocenters. The molecule has 0 aliphatic rings. The Bertz CT molecular complexity index is 528. The summed E-state index contributed by atoms with van der Waals surface area (Å²) in [6.07, 6.45) is 1.02. The van der Waals surface area contributed by atoms with Crippen LogP contribution in [0.1, 0.15) is 30.5 Å².